The molecule has 0 radical (unpaired) electrons. The van der Waals surface area contributed by atoms with Gasteiger partial charge in [-0.15, -0.1) is 0 Å². The van der Waals surface area contributed by atoms with Crippen molar-refractivity contribution in [1.29, 1.82) is 0 Å². The van der Waals surface area contributed by atoms with Crippen LogP contribution in [-0.4, -0.2) is 47.0 Å². The van der Waals surface area contributed by atoms with Crippen LogP contribution in [0, 0.1) is 0 Å². The molecule has 3 rings (SSSR count). The van der Waals surface area contributed by atoms with Gasteiger partial charge < -0.3 is 9.64 Å². The van der Waals surface area contributed by atoms with Gasteiger partial charge in [0.1, 0.15) is 6.61 Å². The van der Waals surface area contributed by atoms with Crippen LogP contribution in [0.2, 0.25) is 0 Å². The SMILES string of the molecule is CC1(C)CN(C(=O)OCc2ccccc2)C(N2CCCC2)=N1. The van der Waals surface area contributed by atoms with E-state index in [4.69, 9.17) is 9.73 Å². The minimum atomic E-state index is -0.305. The first-order valence-corrected chi connectivity index (χ1v) is 7.88. The maximum atomic E-state index is 12.5. The number of rotatable bonds is 2. The van der Waals surface area contributed by atoms with Crippen LogP contribution in [0.1, 0.15) is 32.3 Å². The van der Waals surface area contributed by atoms with E-state index in [-0.39, 0.29) is 11.6 Å². The van der Waals surface area contributed by atoms with E-state index in [9.17, 15) is 4.79 Å². The fraction of sp³-hybridized carbons (Fsp3) is 0.529. The summed E-state index contributed by atoms with van der Waals surface area (Å²) in [5, 5.41) is 0. The van der Waals surface area contributed by atoms with E-state index < -0.39 is 0 Å². The van der Waals surface area contributed by atoms with E-state index in [1.807, 2.05) is 44.2 Å². The molecule has 1 amide bonds. The van der Waals surface area contributed by atoms with Crippen LogP contribution < -0.4 is 0 Å². The van der Waals surface area contributed by atoms with Crippen LogP contribution in [0.15, 0.2) is 35.3 Å². The van der Waals surface area contributed by atoms with Gasteiger partial charge in [0.25, 0.3) is 0 Å². The first-order chi connectivity index (χ1) is 10.6. The van der Waals surface area contributed by atoms with E-state index in [1.165, 1.54) is 0 Å². The number of guanidine groups is 1. The zero-order valence-electron chi connectivity index (χ0n) is 13.3. The Bertz CT molecular complexity index is 563. The van der Waals surface area contributed by atoms with E-state index >= 15 is 0 Å². The topological polar surface area (TPSA) is 45.1 Å². The van der Waals surface area contributed by atoms with Gasteiger partial charge in [0, 0.05) is 13.1 Å². The average molecular weight is 301 g/mol. The van der Waals surface area contributed by atoms with Gasteiger partial charge in [0.05, 0.1) is 12.1 Å². The highest BCUT2D eigenvalue weighted by atomic mass is 16.6. The number of likely N-dealkylation sites (tertiary alicyclic amines) is 1. The zero-order chi connectivity index (χ0) is 15.6. The summed E-state index contributed by atoms with van der Waals surface area (Å²) >= 11 is 0. The van der Waals surface area contributed by atoms with Gasteiger partial charge in [-0.1, -0.05) is 30.3 Å². The first kappa shape index (κ1) is 14.9. The van der Waals surface area contributed by atoms with Crippen LogP contribution in [0.3, 0.4) is 0 Å². The molecule has 5 nitrogen and oxygen atoms in total. The van der Waals surface area contributed by atoms with Gasteiger partial charge in [-0.25, -0.2) is 14.7 Å². The van der Waals surface area contributed by atoms with Crippen molar-refractivity contribution in [3.8, 4) is 0 Å². The quantitative estimate of drug-likeness (QED) is 0.844. The second kappa shape index (κ2) is 5.99. The molecule has 1 aromatic carbocycles. The Morgan fingerprint density at radius 3 is 2.59 bits per heavy atom. The van der Waals surface area contributed by atoms with Crippen molar-refractivity contribution in [2.75, 3.05) is 19.6 Å². The summed E-state index contributed by atoms with van der Waals surface area (Å²) in [4.78, 5) is 21.1. The molecule has 5 heteroatoms. The summed E-state index contributed by atoms with van der Waals surface area (Å²) in [6.07, 6.45) is 2.01. The Hall–Kier alpha value is -2.04. The van der Waals surface area contributed by atoms with Crippen molar-refractivity contribution in [2.24, 2.45) is 4.99 Å². The van der Waals surface area contributed by atoms with E-state index in [1.54, 1.807) is 4.90 Å². The molecule has 2 aliphatic rings. The monoisotopic (exact) mass is 301 g/mol. The maximum Gasteiger partial charge on any atom is 0.417 e. The van der Waals surface area contributed by atoms with E-state index in [2.05, 4.69) is 4.90 Å². The highest BCUT2D eigenvalue weighted by molar-refractivity contribution is 5.96. The highest BCUT2D eigenvalue weighted by Gasteiger charge is 2.39. The van der Waals surface area contributed by atoms with Crippen molar-refractivity contribution in [3.05, 3.63) is 35.9 Å². The Kier molecular flexibility index (Phi) is 4.05. The molecule has 1 fully saturated rings. The molecule has 0 saturated carbocycles. The van der Waals surface area contributed by atoms with Crippen molar-refractivity contribution < 1.29 is 9.53 Å². The standard InChI is InChI=1S/C17H23N3O2/c1-17(2)13-20(15(18-17)19-10-6-7-11-19)16(21)22-12-14-8-4-3-5-9-14/h3-5,8-9H,6-7,10-13H2,1-2H3. The molecular weight excluding hydrogens is 278 g/mol. The lowest BCUT2D eigenvalue weighted by molar-refractivity contribution is 0.112. The minimum absolute atomic E-state index is 0.246. The lowest BCUT2D eigenvalue weighted by Crippen LogP contribution is -2.45. The summed E-state index contributed by atoms with van der Waals surface area (Å²) < 4.78 is 5.47. The second-order valence-electron chi connectivity index (χ2n) is 6.54. The number of nitrogens with zero attached hydrogens (tertiary/aromatic N) is 3. The zero-order valence-corrected chi connectivity index (χ0v) is 13.3. The predicted octanol–water partition coefficient (Wildman–Crippen LogP) is 2.87. The Labute approximate surface area is 131 Å². The van der Waals surface area contributed by atoms with Crippen molar-refractivity contribution in [2.45, 2.75) is 38.8 Å². The van der Waals surface area contributed by atoms with E-state index in [0.717, 1.165) is 37.5 Å². The Balaban J connectivity index is 1.67. The van der Waals surface area contributed by atoms with Gasteiger partial charge in [0.2, 0.25) is 5.96 Å². The second-order valence-corrected chi connectivity index (χ2v) is 6.54. The number of carbonyl (C=O) groups is 1. The summed E-state index contributed by atoms with van der Waals surface area (Å²) in [5.41, 5.74) is 0.748. The third-order valence-corrected chi connectivity index (χ3v) is 4.00. The summed E-state index contributed by atoms with van der Waals surface area (Å²) in [6, 6.07) is 9.75. The number of aliphatic imine (C=N–C) groups is 1. The lowest BCUT2D eigenvalue weighted by atomic mass is 10.1. The highest BCUT2D eigenvalue weighted by Crippen LogP contribution is 2.24. The molecule has 0 aromatic heterocycles. The number of hydrogen-bond donors (Lipinski definition) is 0. The van der Waals surface area contributed by atoms with Crippen LogP contribution >= 0.6 is 0 Å². The van der Waals surface area contributed by atoms with Crippen molar-refractivity contribution >= 4 is 12.1 Å². The summed E-state index contributed by atoms with van der Waals surface area (Å²) in [7, 11) is 0. The molecule has 2 aliphatic heterocycles. The third-order valence-electron chi connectivity index (χ3n) is 4.00. The number of carbonyl (C=O) groups excluding carboxylic acids is 1. The normalized spacial score (nSPS) is 20.2. The molecule has 0 atom stereocenters. The minimum Gasteiger partial charge on any atom is -0.444 e. The smallest absolute Gasteiger partial charge is 0.417 e. The molecule has 2 heterocycles. The van der Waals surface area contributed by atoms with Gasteiger partial charge in [-0.05, 0) is 32.3 Å². The molecule has 0 spiro atoms. The summed E-state index contributed by atoms with van der Waals surface area (Å²) in [5.74, 6) is 0.778. The molecule has 0 bridgehead atoms. The average Bonchev–Trinajstić information content (AvgIpc) is 3.13. The number of amides is 1. The Morgan fingerprint density at radius 2 is 1.91 bits per heavy atom. The number of benzene rings is 1. The fourth-order valence-electron chi connectivity index (χ4n) is 2.93. The molecule has 1 saturated heterocycles. The van der Waals surface area contributed by atoms with Crippen LogP contribution in [-0.2, 0) is 11.3 Å². The predicted molar refractivity (Wildman–Crippen MR) is 85.7 cm³/mol. The van der Waals surface area contributed by atoms with E-state index in [0.29, 0.717) is 13.2 Å². The molecule has 0 unspecified atom stereocenters. The number of hydrogen-bond acceptors (Lipinski definition) is 4. The van der Waals surface area contributed by atoms with Gasteiger partial charge in [0.15, 0.2) is 0 Å². The molecule has 22 heavy (non-hydrogen) atoms. The Morgan fingerprint density at radius 1 is 1.23 bits per heavy atom. The summed E-state index contributed by atoms with van der Waals surface area (Å²) in [6.45, 7) is 6.91. The molecular formula is C17H23N3O2. The van der Waals surface area contributed by atoms with Crippen molar-refractivity contribution in [3.63, 3.8) is 0 Å². The third kappa shape index (κ3) is 3.24. The van der Waals surface area contributed by atoms with Crippen LogP contribution in [0.25, 0.3) is 0 Å². The van der Waals surface area contributed by atoms with Gasteiger partial charge in [-0.2, -0.15) is 0 Å². The lowest BCUT2D eigenvalue weighted by Gasteiger charge is -2.25. The molecule has 0 N–H and O–H groups in total. The molecule has 0 aliphatic carbocycles. The van der Waals surface area contributed by atoms with Crippen LogP contribution in [0.4, 0.5) is 4.79 Å². The maximum absolute atomic E-state index is 12.5. The molecule has 118 valence electrons. The van der Waals surface area contributed by atoms with Gasteiger partial charge in [-0.3, -0.25) is 0 Å². The van der Waals surface area contributed by atoms with Crippen LogP contribution in [0.5, 0.6) is 0 Å². The fourth-order valence-corrected chi connectivity index (χ4v) is 2.93. The largest absolute Gasteiger partial charge is 0.444 e. The first-order valence-electron chi connectivity index (χ1n) is 7.88. The molecule has 1 aromatic rings. The number of ether oxygens (including phenoxy) is 1. The van der Waals surface area contributed by atoms with Gasteiger partial charge >= 0.3 is 6.09 Å². The van der Waals surface area contributed by atoms with Crippen molar-refractivity contribution in [1.82, 2.24) is 9.80 Å².